The molecule has 110 valence electrons. The minimum atomic E-state index is -3.56. The van der Waals surface area contributed by atoms with Crippen LogP contribution in [0.3, 0.4) is 0 Å². The van der Waals surface area contributed by atoms with Crippen molar-refractivity contribution in [2.75, 3.05) is 6.54 Å². The molecule has 1 rings (SSSR count). The highest BCUT2D eigenvalue weighted by atomic mass is 35.5. The van der Waals surface area contributed by atoms with Gasteiger partial charge in [0.05, 0.1) is 5.88 Å². The molecule has 4 nitrogen and oxygen atoms in total. The van der Waals surface area contributed by atoms with Gasteiger partial charge in [0.2, 0.25) is 5.09 Å². The zero-order valence-corrected chi connectivity index (χ0v) is 13.3. The van der Waals surface area contributed by atoms with Crippen LogP contribution in [0.5, 0.6) is 0 Å². The highest BCUT2D eigenvalue weighted by Gasteiger charge is 2.29. The molecule has 1 aromatic rings. The fraction of sp³-hybridized carbons (Fsp3) is 0.692. The second-order valence-corrected chi connectivity index (χ2v) is 6.86. The average Bonchev–Trinajstić information content (AvgIpc) is 2.83. The zero-order chi connectivity index (χ0) is 14.5. The van der Waals surface area contributed by atoms with Crippen LogP contribution in [0.4, 0.5) is 0 Å². The van der Waals surface area contributed by atoms with Gasteiger partial charge >= 0.3 is 0 Å². The lowest BCUT2D eigenvalue weighted by atomic mass is 10.2. The summed E-state index contributed by atoms with van der Waals surface area (Å²) >= 11 is 5.63. The first-order chi connectivity index (χ1) is 8.93. The Kier molecular flexibility index (Phi) is 6.36. The van der Waals surface area contributed by atoms with Crippen LogP contribution in [0.25, 0.3) is 0 Å². The highest BCUT2D eigenvalue weighted by Crippen LogP contribution is 2.22. The van der Waals surface area contributed by atoms with Crippen LogP contribution in [-0.4, -0.2) is 25.3 Å². The summed E-state index contributed by atoms with van der Waals surface area (Å²) in [5, 5.41) is -0.0200. The first-order valence-electron chi connectivity index (χ1n) is 6.60. The van der Waals surface area contributed by atoms with Gasteiger partial charge in [0, 0.05) is 12.6 Å². The Labute approximate surface area is 120 Å². The molecule has 19 heavy (non-hydrogen) atoms. The number of hydrogen-bond donors (Lipinski definition) is 0. The molecule has 0 fully saturated rings. The average molecular weight is 308 g/mol. The molecule has 1 heterocycles. The standard InChI is InChI=1S/C13H22ClNO3S/c1-4-5-6-9-15(11(2)3)19(16,17)13-8-7-12(10-14)18-13/h7-8,11H,4-6,9-10H2,1-3H3. The molecule has 0 aromatic carbocycles. The van der Waals surface area contributed by atoms with Gasteiger partial charge in [-0.05, 0) is 32.4 Å². The van der Waals surface area contributed by atoms with Crippen LogP contribution < -0.4 is 0 Å². The predicted octanol–water partition coefficient (Wildman–Crippen LogP) is 3.61. The SMILES string of the molecule is CCCCCN(C(C)C)S(=O)(=O)c1ccc(CCl)o1. The minimum absolute atomic E-state index is 0.0200. The number of nitrogens with zero attached hydrogens (tertiary/aromatic N) is 1. The van der Waals surface area contributed by atoms with Crippen molar-refractivity contribution in [3.63, 3.8) is 0 Å². The largest absolute Gasteiger partial charge is 0.447 e. The molecule has 0 saturated heterocycles. The van der Waals surface area contributed by atoms with E-state index in [0.717, 1.165) is 19.3 Å². The fourth-order valence-electron chi connectivity index (χ4n) is 1.86. The van der Waals surface area contributed by atoms with Gasteiger partial charge in [-0.1, -0.05) is 19.8 Å². The van der Waals surface area contributed by atoms with E-state index in [0.29, 0.717) is 12.3 Å². The lowest BCUT2D eigenvalue weighted by Gasteiger charge is -2.24. The van der Waals surface area contributed by atoms with E-state index in [9.17, 15) is 8.42 Å². The molecule has 6 heteroatoms. The van der Waals surface area contributed by atoms with Crippen LogP contribution in [0.15, 0.2) is 21.6 Å². The van der Waals surface area contributed by atoms with E-state index in [4.69, 9.17) is 16.0 Å². The third-order valence-corrected chi connectivity index (χ3v) is 5.10. The lowest BCUT2D eigenvalue weighted by Crippen LogP contribution is -2.37. The highest BCUT2D eigenvalue weighted by molar-refractivity contribution is 7.89. The maximum Gasteiger partial charge on any atom is 0.276 e. The number of halogens is 1. The van der Waals surface area contributed by atoms with Crippen LogP contribution in [0, 0.1) is 0 Å². The smallest absolute Gasteiger partial charge is 0.276 e. The van der Waals surface area contributed by atoms with Crippen LogP contribution >= 0.6 is 11.6 Å². The molecule has 0 unspecified atom stereocenters. The molecule has 0 aliphatic rings. The summed E-state index contributed by atoms with van der Waals surface area (Å²) in [4.78, 5) is 0. The van der Waals surface area contributed by atoms with Gasteiger partial charge in [0.1, 0.15) is 5.76 Å². The summed E-state index contributed by atoms with van der Waals surface area (Å²) in [5.74, 6) is 0.644. The van der Waals surface area contributed by atoms with Gasteiger partial charge in [0.25, 0.3) is 10.0 Å². The third kappa shape index (κ3) is 4.23. The first-order valence-corrected chi connectivity index (χ1v) is 8.57. The van der Waals surface area contributed by atoms with Crippen LogP contribution in [-0.2, 0) is 15.9 Å². The molecule has 0 spiro atoms. The molecule has 0 aliphatic heterocycles. The summed E-state index contributed by atoms with van der Waals surface area (Å²) in [5.41, 5.74) is 0. The number of furan rings is 1. The summed E-state index contributed by atoms with van der Waals surface area (Å²) in [7, 11) is -3.56. The Hall–Kier alpha value is -0.520. The maximum atomic E-state index is 12.5. The summed E-state index contributed by atoms with van der Waals surface area (Å²) in [6.07, 6.45) is 2.93. The molecule has 0 bridgehead atoms. The minimum Gasteiger partial charge on any atom is -0.447 e. The topological polar surface area (TPSA) is 50.5 Å². The Balaban J connectivity index is 2.92. The van der Waals surface area contributed by atoms with Gasteiger partial charge < -0.3 is 4.42 Å². The molecule has 0 amide bonds. The van der Waals surface area contributed by atoms with E-state index in [-0.39, 0.29) is 17.0 Å². The van der Waals surface area contributed by atoms with E-state index < -0.39 is 10.0 Å². The van der Waals surface area contributed by atoms with Crippen molar-refractivity contribution < 1.29 is 12.8 Å². The van der Waals surface area contributed by atoms with E-state index in [1.165, 1.54) is 10.4 Å². The molecule has 0 N–H and O–H groups in total. The number of sulfonamides is 1. The molecule has 0 saturated carbocycles. The normalized spacial score (nSPS) is 12.5. The monoisotopic (exact) mass is 307 g/mol. The Morgan fingerprint density at radius 1 is 1.32 bits per heavy atom. The third-order valence-electron chi connectivity index (χ3n) is 2.89. The number of alkyl halides is 1. The Bertz CT molecular complexity index is 482. The summed E-state index contributed by atoms with van der Waals surface area (Å²) in [6.45, 7) is 6.35. The number of unbranched alkanes of at least 4 members (excludes halogenated alkanes) is 2. The zero-order valence-electron chi connectivity index (χ0n) is 11.7. The van der Waals surface area contributed by atoms with E-state index in [1.807, 2.05) is 13.8 Å². The van der Waals surface area contributed by atoms with Crippen LogP contribution in [0.2, 0.25) is 0 Å². The van der Waals surface area contributed by atoms with Crippen molar-refractivity contribution in [1.82, 2.24) is 4.31 Å². The molecule has 1 aromatic heterocycles. The number of hydrogen-bond acceptors (Lipinski definition) is 3. The number of rotatable bonds is 8. The Morgan fingerprint density at radius 3 is 2.47 bits per heavy atom. The van der Waals surface area contributed by atoms with Gasteiger partial charge in [-0.15, -0.1) is 11.6 Å². The second-order valence-electron chi connectivity index (χ2n) is 4.77. The van der Waals surface area contributed by atoms with Gasteiger partial charge in [-0.25, -0.2) is 8.42 Å². The first kappa shape index (κ1) is 16.5. The molecule has 0 radical (unpaired) electrons. The van der Waals surface area contributed by atoms with E-state index >= 15 is 0 Å². The van der Waals surface area contributed by atoms with Crippen LogP contribution in [0.1, 0.15) is 45.8 Å². The Morgan fingerprint density at radius 2 is 2.00 bits per heavy atom. The fourth-order valence-corrected chi connectivity index (χ4v) is 3.61. The lowest BCUT2D eigenvalue weighted by molar-refractivity contribution is 0.327. The van der Waals surface area contributed by atoms with Gasteiger partial charge in [-0.3, -0.25) is 0 Å². The quantitative estimate of drug-likeness (QED) is 0.544. The molecule has 0 atom stereocenters. The maximum absolute atomic E-state index is 12.5. The van der Waals surface area contributed by atoms with Crippen molar-refractivity contribution in [1.29, 1.82) is 0 Å². The summed E-state index contributed by atoms with van der Waals surface area (Å²) < 4.78 is 31.7. The molecule has 0 aliphatic carbocycles. The molecular formula is C13H22ClNO3S. The molecular weight excluding hydrogens is 286 g/mol. The van der Waals surface area contributed by atoms with E-state index in [1.54, 1.807) is 6.07 Å². The van der Waals surface area contributed by atoms with Gasteiger partial charge in [0.15, 0.2) is 0 Å². The van der Waals surface area contributed by atoms with Crippen molar-refractivity contribution in [2.24, 2.45) is 0 Å². The summed E-state index contributed by atoms with van der Waals surface area (Å²) in [6, 6.07) is 2.98. The van der Waals surface area contributed by atoms with Crippen molar-refractivity contribution in [3.05, 3.63) is 17.9 Å². The van der Waals surface area contributed by atoms with E-state index in [2.05, 4.69) is 6.92 Å². The van der Waals surface area contributed by atoms with Crippen molar-refractivity contribution in [3.8, 4) is 0 Å². The van der Waals surface area contributed by atoms with Crippen molar-refractivity contribution in [2.45, 2.75) is 57.0 Å². The van der Waals surface area contributed by atoms with Gasteiger partial charge in [-0.2, -0.15) is 4.31 Å². The predicted molar refractivity (Wildman–Crippen MR) is 76.8 cm³/mol. The second kappa shape index (κ2) is 7.31. The van der Waals surface area contributed by atoms with Crippen molar-refractivity contribution >= 4 is 21.6 Å².